The van der Waals surface area contributed by atoms with Crippen LogP contribution in [-0.2, 0) is 0 Å². The Bertz CT molecular complexity index is 1350. The lowest BCUT2D eigenvalue weighted by atomic mass is 10.0. The van der Waals surface area contributed by atoms with Gasteiger partial charge in [-0.2, -0.15) is 10.5 Å². The Morgan fingerprint density at radius 1 is 0.636 bits per heavy atom. The average molecular weight is 759 g/mol. The van der Waals surface area contributed by atoms with Crippen LogP contribution in [0.3, 0.4) is 0 Å². The van der Waals surface area contributed by atoms with Gasteiger partial charge in [0.2, 0.25) is 0 Å². The minimum atomic E-state index is 0.566. The summed E-state index contributed by atoms with van der Waals surface area (Å²) >= 11 is 10.1. The van der Waals surface area contributed by atoms with Crippen LogP contribution >= 0.6 is 54.5 Å². The van der Waals surface area contributed by atoms with Gasteiger partial charge >= 0.3 is 0 Å². The van der Waals surface area contributed by atoms with Crippen LogP contribution in [0.2, 0.25) is 0 Å². The Morgan fingerprint density at radius 2 is 1.02 bits per heavy atom. The Kier molecular flexibility index (Phi) is 16.9. The van der Waals surface area contributed by atoms with Gasteiger partial charge in [-0.15, -0.1) is 22.7 Å². The highest BCUT2D eigenvalue weighted by atomic mass is 79.9. The summed E-state index contributed by atoms with van der Waals surface area (Å²) in [4.78, 5) is 1.77. The van der Waals surface area contributed by atoms with Gasteiger partial charge in [0, 0.05) is 20.9 Å². The van der Waals surface area contributed by atoms with E-state index in [2.05, 4.69) is 57.8 Å². The summed E-state index contributed by atoms with van der Waals surface area (Å²) in [7, 11) is 0. The molecule has 3 aromatic rings. The minimum absolute atomic E-state index is 0.566. The maximum absolute atomic E-state index is 10.1. The fourth-order valence-corrected chi connectivity index (χ4v) is 7.45. The normalized spacial score (nSPS) is 11.8. The zero-order valence-electron chi connectivity index (χ0n) is 25.8. The molecule has 234 valence electrons. The van der Waals surface area contributed by atoms with E-state index in [0.717, 1.165) is 54.1 Å². The second-order valence-electron chi connectivity index (χ2n) is 10.7. The summed E-state index contributed by atoms with van der Waals surface area (Å²) in [5, 5.41) is 20.2. The SMILES string of the molecule is CCCCCCCCOc1cc(/C=C(\C#N)c2ccc(Br)s2)c(OCCCCCCCC)cc1/C=C(\C#N)c1ccc(Br)s1. The largest absolute Gasteiger partial charge is 0.493 e. The number of ether oxygens (including phenoxy) is 2. The van der Waals surface area contributed by atoms with Gasteiger partial charge < -0.3 is 9.47 Å². The zero-order valence-corrected chi connectivity index (χ0v) is 30.6. The maximum Gasteiger partial charge on any atom is 0.127 e. The first-order chi connectivity index (χ1) is 21.5. The number of hydrogen-bond donors (Lipinski definition) is 0. The molecule has 4 nitrogen and oxygen atoms in total. The minimum Gasteiger partial charge on any atom is -0.493 e. The fraction of sp³-hybridized carbons (Fsp3) is 0.444. The molecule has 0 unspecified atom stereocenters. The molecule has 0 aliphatic heterocycles. The number of thiophene rings is 2. The molecule has 8 heteroatoms. The molecule has 0 fully saturated rings. The lowest BCUT2D eigenvalue weighted by molar-refractivity contribution is 0.295. The molecule has 0 saturated heterocycles. The summed E-state index contributed by atoms with van der Waals surface area (Å²) in [5.74, 6) is 1.37. The van der Waals surface area contributed by atoms with Crippen molar-refractivity contribution in [2.24, 2.45) is 0 Å². The van der Waals surface area contributed by atoms with Crippen molar-refractivity contribution in [3.63, 3.8) is 0 Å². The summed E-state index contributed by atoms with van der Waals surface area (Å²) in [6, 6.07) is 16.5. The number of hydrogen-bond acceptors (Lipinski definition) is 6. The summed E-state index contributed by atoms with van der Waals surface area (Å²) in [5.41, 5.74) is 2.72. The molecule has 2 aromatic heterocycles. The molecule has 0 aliphatic rings. The van der Waals surface area contributed by atoms with Gasteiger partial charge in [-0.3, -0.25) is 0 Å². The highest BCUT2D eigenvalue weighted by Gasteiger charge is 2.15. The number of rotatable bonds is 20. The van der Waals surface area contributed by atoms with E-state index >= 15 is 0 Å². The van der Waals surface area contributed by atoms with Crippen LogP contribution in [0.1, 0.15) is 112 Å². The van der Waals surface area contributed by atoms with Crippen LogP contribution in [0.5, 0.6) is 11.5 Å². The van der Waals surface area contributed by atoms with E-state index in [0.29, 0.717) is 35.9 Å². The first kappa shape index (κ1) is 36.1. The Morgan fingerprint density at radius 3 is 1.36 bits per heavy atom. The van der Waals surface area contributed by atoms with Crippen molar-refractivity contribution in [3.05, 3.63) is 64.9 Å². The lowest BCUT2D eigenvalue weighted by Gasteiger charge is -2.16. The van der Waals surface area contributed by atoms with Gasteiger partial charge in [0.25, 0.3) is 0 Å². The van der Waals surface area contributed by atoms with Crippen LogP contribution in [0.25, 0.3) is 23.3 Å². The van der Waals surface area contributed by atoms with Crippen molar-refractivity contribution < 1.29 is 9.47 Å². The van der Waals surface area contributed by atoms with Crippen molar-refractivity contribution in [2.75, 3.05) is 13.2 Å². The van der Waals surface area contributed by atoms with Gasteiger partial charge in [0.1, 0.15) is 23.6 Å². The van der Waals surface area contributed by atoms with E-state index in [-0.39, 0.29) is 0 Å². The molecule has 0 radical (unpaired) electrons. The van der Waals surface area contributed by atoms with Gasteiger partial charge in [-0.1, -0.05) is 78.1 Å². The van der Waals surface area contributed by atoms with Crippen molar-refractivity contribution in [2.45, 2.75) is 90.9 Å². The Balaban J connectivity index is 1.98. The first-order valence-electron chi connectivity index (χ1n) is 15.7. The maximum atomic E-state index is 10.1. The zero-order chi connectivity index (χ0) is 31.6. The molecule has 0 spiro atoms. The van der Waals surface area contributed by atoms with Gasteiger partial charge in [0.05, 0.1) is 31.9 Å². The molecule has 44 heavy (non-hydrogen) atoms. The van der Waals surface area contributed by atoms with E-state index < -0.39 is 0 Å². The summed E-state index contributed by atoms with van der Waals surface area (Å²) in [6.45, 7) is 5.63. The van der Waals surface area contributed by atoms with Crippen LogP contribution in [0, 0.1) is 22.7 Å². The third-order valence-electron chi connectivity index (χ3n) is 7.17. The summed E-state index contributed by atoms with van der Waals surface area (Å²) in [6.07, 6.45) is 17.9. The van der Waals surface area contributed by atoms with Gasteiger partial charge in [-0.25, -0.2) is 0 Å². The van der Waals surface area contributed by atoms with Crippen molar-refractivity contribution >= 4 is 77.8 Å². The van der Waals surface area contributed by atoms with Crippen molar-refractivity contribution in [1.82, 2.24) is 0 Å². The highest BCUT2D eigenvalue weighted by molar-refractivity contribution is 9.11. The Hall–Kier alpha value is -2.36. The van der Waals surface area contributed by atoms with E-state index in [4.69, 9.17) is 9.47 Å². The van der Waals surface area contributed by atoms with Crippen LogP contribution in [-0.4, -0.2) is 13.2 Å². The molecule has 3 rings (SSSR count). The quantitative estimate of drug-likeness (QED) is 0.0850. The predicted molar refractivity (Wildman–Crippen MR) is 195 cm³/mol. The summed E-state index contributed by atoms with van der Waals surface area (Å²) < 4.78 is 14.7. The third kappa shape index (κ3) is 12.2. The molecule has 0 bridgehead atoms. The number of nitrogens with zero attached hydrogens (tertiary/aromatic N) is 2. The van der Waals surface area contributed by atoms with Crippen LogP contribution in [0.15, 0.2) is 44.0 Å². The number of unbranched alkanes of at least 4 members (excludes halogenated alkanes) is 10. The molecular weight excluding hydrogens is 716 g/mol. The second-order valence-corrected chi connectivity index (χ2v) is 15.6. The van der Waals surface area contributed by atoms with E-state index in [9.17, 15) is 10.5 Å². The van der Waals surface area contributed by atoms with Crippen LogP contribution < -0.4 is 9.47 Å². The molecule has 2 heterocycles. The fourth-order valence-electron chi connectivity index (χ4n) is 4.74. The van der Waals surface area contributed by atoms with Gasteiger partial charge in [-0.05, 0) is 93.3 Å². The number of allylic oxidation sites excluding steroid dienone is 2. The van der Waals surface area contributed by atoms with Crippen molar-refractivity contribution in [3.8, 4) is 23.6 Å². The molecule has 1 aromatic carbocycles. The lowest BCUT2D eigenvalue weighted by Crippen LogP contribution is -2.03. The van der Waals surface area contributed by atoms with Gasteiger partial charge in [0.15, 0.2) is 0 Å². The van der Waals surface area contributed by atoms with Crippen LogP contribution in [0.4, 0.5) is 0 Å². The average Bonchev–Trinajstić information content (AvgIpc) is 3.66. The molecular formula is C36H42Br2N2O2S2. The highest BCUT2D eigenvalue weighted by Crippen LogP contribution is 2.37. The first-order valence-corrected chi connectivity index (χ1v) is 18.9. The third-order valence-corrected chi connectivity index (χ3v) is 10.5. The van der Waals surface area contributed by atoms with Crippen molar-refractivity contribution in [1.29, 1.82) is 10.5 Å². The second kappa shape index (κ2) is 20.6. The predicted octanol–water partition coefficient (Wildman–Crippen LogP) is 12.9. The molecule has 0 amide bonds. The van der Waals surface area contributed by atoms with E-state index in [1.54, 1.807) is 0 Å². The topological polar surface area (TPSA) is 66.0 Å². The number of benzene rings is 1. The number of halogens is 2. The van der Waals surface area contributed by atoms with E-state index in [1.807, 2.05) is 48.6 Å². The molecule has 0 N–H and O–H groups in total. The smallest absolute Gasteiger partial charge is 0.127 e. The molecule has 0 aliphatic carbocycles. The van der Waals surface area contributed by atoms with E-state index in [1.165, 1.54) is 74.0 Å². The molecule has 0 atom stereocenters. The standard InChI is InChI=1S/C36H42Br2N2O2S2/c1-3-5-7-9-11-13-19-41-31-23-28(22-30(26-40)34-16-18-36(38)44-34)32(42-20-14-12-10-8-6-4-2)24-27(31)21-29(25-39)33-15-17-35(37)43-33/h15-18,21-24H,3-14,19-20H2,1-2H3/b29-21+,30-22+. The monoisotopic (exact) mass is 756 g/mol. The molecule has 0 saturated carbocycles. The Labute approximate surface area is 288 Å². The number of nitriles is 2.